The Balaban J connectivity index is 1.51. The molecule has 0 heterocycles. The maximum atomic E-state index is 3.54. The molecule has 0 unspecified atom stereocenters. The molecule has 0 aromatic heterocycles. The zero-order valence-corrected chi connectivity index (χ0v) is 9.89. The van der Waals surface area contributed by atoms with Crippen molar-refractivity contribution < 1.29 is 0 Å². The van der Waals surface area contributed by atoms with Crippen LogP contribution in [0, 0.1) is 0 Å². The molecule has 1 heteroatoms. The Hall–Kier alpha value is -1.60. The number of nitrogens with one attached hydrogen (secondary N) is 1. The molecule has 0 saturated carbocycles. The van der Waals surface area contributed by atoms with Gasteiger partial charge in [0.2, 0.25) is 0 Å². The van der Waals surface area contributed by atoms with Crippen molar-refractivity contribution in [3.63, 3.8) is 0 Å². The van der Waals surface area contributed by atoms with Gasteiger partial charge < -0.3 is 5.32 Å². The molecule has 0 aliphatic heterocycles. The van der Waals surface area contributed by atoms with E-state index in [9.17, 15) is 0 Å². The molecular formula is C16H17N. The summed E-state index contributed by atoms with van der Waals surface area (Å²) in [5.41, 5.74) is 4.42. The van der Waals surface area contributed by atoms with Gasteiger partial charge in [-0.05, 0) is 23.1 Å². The summed E-state index contributed by atoms with van der Waals surface area (Å²) < 4.78 is 0. The Labute approximate surface area is 102 Å². The summed E-state index contributed by atoms with van der Waals surface area (Å²) in [6.45, 7) is 2.06. The van der Waals surface area contributed by atoms with E-state index in [0.29, 0.717) is 0 Å². The Morgan fingerprint density at radius 2 is 1.71 bits per heavy atom. The fraction of sp³-hybridized carbons (Fsp3) is 0.250. The summed E-state index contributed by atoms with van der Waals surface area (Å²) in [6.07, 6.45) is 1.23. The van der Waals surface area contributed by atoms with Crippen LogP contribution in [0.4, 0.5) is 0 Å². The molecule has 86 valence electrons. The lowest BCUT2D eigenvalue weighted by molar-refractivity contribution is 0.536. The van der Waals surface area contributed by atoms with Crippen LogP contribution in [-0.2, 0) is 13.0 Å². The summed E-state index contributed by atoms with van der Waals surface area (Å²) in [6, 6.07) is 19.4. The summed E-state index contributed by atoms with van der Waals surface area (Å²) in [4.78, 5) is 0. The first kappa shape index (κ1) is 10.5. The first-order chi connectivity index (χ1) is 8.43. The zero-order valence-electron chi connectivity index (χ0n) is 9.89. The third-order valence-electron chi connectivity index (χ3n) is 3.52. The van der Waals surface area contributed by atoms with E-state index >= 15 is 0 Å². The van der Waals surface area contributed by atoms with E-state index < -0.39 is 0 Å². The third-order valence-corrected chi connectivity index (χ3v) is 3.52. The molecule has 2 aromatic carbocycles. The summed E-state index contributed by atoms with van der Waals surface area (Å²) >= 11 is 0. The highest BCUT2D eigenvalue weighted by Crippen LogP contribution is 2.33. The minimum atomic E-state index is 0.718. The molecule has 3 rings (SSSR count). The lowest BCUT2D eigenvalue weighted by atomic mass is 9.77. The first-order valence-corrected chi connectivity index (χ1v) is 6.26. The molecular weight excluding hydrogens is 206 g/mol. The van der Waals surface area contributed by atoms with Gasteiger partial charge in [0.25, 0.3) is 0 Å². The lowest BCUT2D eigenvalue weighted by Gasteiger charge is -2.30. The van der Waals surface area contributed by atoms with Crippen molar-refractivity contribution in [1.29, 1.82) is 0 Å². The lowest BCUT2D eigenvalue weighted by Crippen LogP contribution is -2.28. The second-order valence-electron chi connectivity index (χ2n) is 4.72. The first-order valence-electron chi connectivity index (χ1n) is 6.26. The fourth-order valence-corrected chi connectivity index (χ4v) is 2.53. The van der Waals surface area contributed by atoms with Gasteiger partial charge >= 0.3 is 0 Å². The molecule has 0 radical (unpaired) electrons. The molecule has 0 spiro atoms. The highest BCUT2D eigenvalue weighted by atomic mass is 14.9. The number of rotatable bonds is 4. The second-order valence-corrected chi connectivity index (χ2v) is 4.72. The number of benzene rings is 2. The second kappa shape index (κ2) is 4.72. The van der Waals surface area contributed by atoms with Crippen molar-refractivity contribution in [3.8, 4) is 0 Å². The highest BCUT2D eigenvalue weighted by Gasteiger charge is 2.24. The van der Waals surface area contributed by atoms with Crippen LogP contribution in [0.15, 0.2) is 54.6 Å². The molecule has 1 aliphatic rings. The van der Waals surface area contributed by atoms with Crippen molar-refractivity contribution in [1.82, 2.24) is 5.32 Å². The van der Waals surface area contributed by atoms with E-state index in [0.717, 1.165) is 19.0 Å². The topological polar surface area (TPSA) is 12.0 Å². The van der Waals surface area contributed by atoms with Crippen LogP contribution in [0.3, 0.4) is 0 Å². The number of fused-ring (bicyclic) bond motifs is 1. The van der Waals surface area contributed by atoms with Crippen molar-refractivity contribution in [2.45, 2.75) is 18.9 Å². The number of hydrogen-bond acceptors (Lipinski definition) is 1. The Morgan fingerprint density at radius 1 is 0.941 bits per heavy atom. The van der Waals surface area contributed by atoms with Gasteiger partial charge in [-0.3, -0.25) is 0 Å². The van der Waals surface area contributed by atoms with Crippen LogP contribution in [0.2, 0.25) is 0 Å². The summed E-state index contributed by atoms with van der Waals surface area (Å²) in [7, 11) is 0. The van der Waals surface area contributed by atoms with E-state index in [2.05, 4.69) is 59.9 Å². The quantitative estimate of drug-likeness (QED) is 0.839. The molecule has 1 N–H and O–H groups in total. The maximum Gasteiger partial charge on any atom is 0.0205 e. The van der Waals surface area contributed by atoms with Gasteiger partial charge in [0, 0.05) is 19.0 Å². The van der Waals surface area contributed by atoms with Crippen LogP contribution >= 0.6 is 0 Å². The molecule has 0 saturated heterocycles. The molecule has 2 aromatic rings. The van der Waals surface area contributed by atoms with Crippen LogP contribution < -0.4 is 5.32 Å². The predicted octanol–water partition coefficient (Wildman–Crippen LogP) is 3.12. The molecule has 1 nitrogen and oxygen atoms in total. The minimum Gasteiger partial charge on any atom is -0.312 e. The molecule has 17 heavy (non-hydrogen) atoms. The third kappa shape index (κ3) is 2.25. The van der Waals surface area contributed by atoms with Crippen LogP contribution in [-0.4, -0.2) is 6.54 Å². The predicted molar refractivity (Wildman–Crippen MR) is 71.0 cm³/mol. The molecule has 0 fully saturated rings. The monoisotopic (exact) mass is 223 g/mol. The van der Waals surface area contributed by atoms with Crippen LogP contribution in [0.1, 0.15) is 22.6 Å². The zero-order chi connectivity index (χ0) is 11.5. The highest BCUT2D eigenvalue weighted by molar-refractivity contribution is 5.40. The van der Waals surface area contributed by atoms with Crippen LogP contribution in [0.5, 0.6) is 0 Å². The average Bonchev–Trinajstić information content (AvgIpc) is 2.36. The van der Waals surface area contributed by atoms with Gasteiger partial charge in [0.05, 0.1) is 0 Å². The van der Waals surface area contributed by atoms with E-state index in [-0.39, 0.29) is 0 Å². The normalized spacial score (nSPS) is 17.3. The van der Waals surface area contributed by atoms with Gasteiger partial charge in [0.15, 0.2) is 0 Å². The Morgan fingerprint density at radius 3 is 2.53 bits per heavy atom. The van der Waals surface area contributed by atoms with E-state index in [1.165, 1.54) is 23.1 Å². The van der Waals surface area contributed by atoms with Gasteiger partial charge in [-0.15, -0.1) is 0 Å². The Kier molecular flexibility index (Phi) is 2.93. The smallest absolute Gasteiger partial charge is 0.0205 e. The van der Waals surface area contributed by atoms with Gasteiger partial charge in [0.1, 0.15) is 0 Å². The Bertz CT molecular complexity index is 490. The summed E-state index contributed by atoms with van der Waals surface area (Å²) in [5, 5.41) is 3.54. The molecule has 1 aliphatic carbocycles. The maximum absolute atomic E-state index is 3.54. The van der Waals surface area contributed by atoms with Gasteiger partial charge in [-0.1, -0.05) is 54.6 Å². The van der Waals surface area contributed by atoms with Crippen molar-refractivity contribution in [3.05, 3.63) is 71.3 Å². The van der Waals surface area contributed by atoms with Gasteiger partial charge in [-0.2, -0.15) is 0 Å². The van der Waals surface area contributed by atoms with E-state index in [4.69, 9.17) is 0 Å². The van der Waals surface area contributed by atoms with E-state index in [1.54, 1.807) is 0 Å². The molecule has 1 atom stereocenters. The summed E-state index contributed by atoms with van der Waals surface area (Å²) in [5.74, 6) is 0.718. The minimum absolute atomic E-state index is 0.718. The van der Waals surface area contributed by atoms with Gasteiger partial charge in [-0.25, -0.2) is 0 Å². The molecule has 0 bridgehead atoms. The fourth-order valence-electron chi connectivity index (χ4n) is 2.53. The largest absolute Gasteiger partial charge is 0.312 e. The average molecular weight is 223 g/mol. The molecule has 0 amide bonds. The van der Waals surface area contributed by atoms with E-state index in [1.807, 2.05) is 0 Å². The van der Waals surface area contributed by atoms with Crippen molar-refractivity contribution in [2.75, 3.05) is 6.54 Å². The SMILES string of the molecule is c1ccc(CNC[C@H]2Cc3ccccc32)cc1. The number of hydrogen-bond donors (Lipinski definition) is 1. The van der Waals surface area contributed by atoms with Crippen LogP contribution in [0.25, 0.3) is 0 Å². The van der Waals surface area contributed by atoms with Crippen molar-refractivity contribution >= 4 is 0 Å². The van der Waals surface area contributed by atoms with Crippen molar-refractivity contribution in [2.24, 2.45) is 0 Å². The standard InChI is InChI=1S/C16H17N/c1-2-6-13(7-3-1)11-17-12-15-10-14-8-4-5-9-16(14)15/h1-9,15,17H,10-12H2/t15-/m1/s1.